The van der Waals surface area contributed by atoms with Crippen LogP contribution in [0.1, 0.15) is 168 Å². The van der Waals surface area contributed by atoms with Gasteiger partial charge in [-0.05, 0) is 25.7 Å². The molecule has 11 nitrogen and oxygen atoms in total. The lowest BCUT2D eigenvalue weighted by atomic mass is 10.1. The third kappa shape index (κ3) is 26.0. The number of carboxylic acid groups (broad SMARTS) is 2. The first-order valence-electron chi connectivity index (χ1n) is 17.4. The number of hydrogen-bond donors (Lipinski definition) is 4. The average Bonchev–Trinajstić information content (AvgIpc) is 2.99. The van der Waals surface area contributed by atoms with Gasteiger partial charge in [-0.1, -0.05) is 117 Å². The van der Waals surface area contributed by atoms with Crippen molar-refractivity contribution in [1.29, 1.82) is 0 Å². The van der Waals surface area contributed by atoms with Crippen LogP contribution in [-0.4, -0.2) is 58.0 Å². The molecule has 0 bridgehead atoms. The van der Waals surface area contributed by atoms with Crippen LogP contribution < -0.4 is 10.6 Å². The zero-order valence-electron chi connectivity index (χ0n) is 27.9. The second kappa shape index (κ2) is 28.5. The molecule has 0 rings (SSSR count). The Hall–Kier alpha value is -2.98. The second-order valence-corrected chi connectivity index (χ2v) is 12.0. The monoisotopic (exact) mass is 640 g/mol. The second-order valence-electron chi connectivity index (χ2n) is 12.0. The highest BCUT2D eigenvalue weighted by molar-refractivity contribution is 5.94. The Morgan fingerprint density at radius 2 is 0.756 bits per heavy atom. The fourth-order valence-corrected chi connectivity index (χ4v) is 5.00. The summed E-state index contributed by atoms with van der Waals surface area (Å²) in [6, 6.07) is -2.73. The maximum absolute atomic E-state index is 12.8. The zero-order chi connectivity index (χ0) is 33.7. The highest BCUT2D eigenvalue weighted by Crippen LogP contribution is 2.13. The predicted octanol–water partition coefficient (Wildman–Crippen LogP) is 6.60. The van der Waals surface area contributed by atoms with Crippen LogP contribution in [0.5, 0.6) is 0 Å². The van der Waals surface area contributed by atoms with Gasteiger partial charge in [0.15, 0.2) is 0 Å². The van der Waals surface area contributed by atoms with Gasteiger partial charge < -0.3 is 25.6 Å². The van der Waals surface area contributed by atoms with Gasteiger partial charge >= 0.3 is 23.9 Å². The number of carbonyl (C=O) groups excluding carboxylic acids is 4. The van der Waals surface area contributed by atoms with Crippen molar-refractivity contribution in [3.05, 3.63) is 0 Å². The molecule has 0 aliphatic heterocycles. The van der Waals surface area contributed by atoms with Crippen LogP contribution in [0.2, 0.25) is 0 Å². The van der Waals surface area contributed by atoms with Crippen LogP contribution in [-0.2, 0) is 33.5 Å². The number of rotatable bonds is 30. The fraction of sp³-hybridized carbons (Fsp3) is 0.824. The summed E-state index contributed by atoms with van der Waals surface area (Å²) >= 11 is 0. The van der Waals surface area contributed by atoms with Crippen LogP contribution in [0.3, 0.4) is 0 Å². The van der Waals surface area contributed by atoms with Gasteiger partial charge in [-0.2, -0.15) is 0 Å². The summed E-state index contributed by atoms with van der Waals surface area (Å²) in [4.78, 5) is 72.9. The minimum atomic E-state index is -1.37. The smallest absolute Gasteiger partial charge is 0.336 e. The molecule has 0 radical (unpaired) electrons. The van der Waals surface area contributed by atoms with Crippen molar-refractivity contribution in [3.8, 4) is 0 Å². The Kier molecular flexibility index (Phi) is 26.6. The molecule has 0 aromatic rings. The SMILES string of the molecule is CCCCCCCCCCCC(=O)N[C@@H](CCC(=O)O)C(=O)OC(=O)[C@H](CCC(=O)O)NC(=O)CCCCCCCCCCC. The van der Waals surface area contributed by atoms with Gasteiger partial charge in [0.05, 0.1) is 0 Å². The quantitative estimate of drug-likeness (QED) is 0.0383. The topological polar surface area (TPSA) is 176 Å². The van der Waals surface area contributed by atoms with Crippen molar-refractivity contribution in [2.24, 2.45) is 0 Å². The molecule has 0 aliphatic carbocycles. The van der Waals surface area contributed by atoms with E-state index in [1.165, 1.54) is 51.4 Å². The van der Waals surface area contributed by atoms with Gasteiger partial charge in [0.1, 0.15) is 12.1 Å². The normalized spacial score (nSPS) is 12.2. The molecule has 0 aromatic heterocycles. The molecule has 260 valence electrons. The lowest BCUT2D eigenvalue weighted by molar-refractivity contribution is -0.164. The molecule has 4 N–H and O–H groups in total. The molecule has 2 atom stereocenters. The van der Waals surface area contributed by atoms with Gasteiger partial charge in [0.2, 0.25) is 11.8 Å². The van der Waals surface area contributed by atoms with Gasteiger partial charge in [-0.3, -0.25) is 19.2 Å². The molecule has 0 saturated heterocycles. The molecule has 0 spiro atoms. The minimum Gasteiger partial charge on any atom is -0.481 e. The van der Waals surface area contributed by atoms with Crippen LogP contribution in [0.25, 0.3) is 0 Å². The van der Waals surface area contributed by atoms with Gasteiger partial charge in [0.25, 0.3) is 0 Å². The molecular weight excluding hydrogens is 580 g/mol. The van der Waals surface area contributed by atoms with Crippen LogP contribution in [0.15, 0.2) is 0 Å². The fourth-order valence-electron chi connectivity index (χ4n) is 5.00. The van der Waals surface area contributed by atoms with Crippen LogP contribution in [0.4, 0.5) is 0 Å². The van der Waals surface area contributed by atoms with Crippen molar-refractivity contribution in [1.82, 2.24) is 10.6 Å². The average molecular weight is 641 g/mol. The number of hydrogen-bond acceptors (Lipinski definition) is 7. The molecule has 0 aliphatic rings. The number of esters is 2. The number of unbranched alkanes of at least 4 members (excludes halogenated alkanes) is 16. The van der Waals surface area contributed by atoms with E-state index in [4.69, 9.17) is 14.9 Å². The summed E-state index contributed by atoms with van der Waals surface area (Å²) in [5.41, 5.74) is 0. The van der Waals surface area contributed by atoms with Crippen molar-refractivity contribution in [3.63, 3.8) is 0 Å². The molecule has 2 amide bonds. The molecular formula is C34H60N2O9. The van der Waals surface area contributed by atoms with Crippen LogP contribution >= 0.6 is 0 Å². The molecule has 0 aromatic carbocycles. The first-order chi connectivity index (χ1) is 21.6. The van der Waals surface area contributed by atoms with Gasteiger partial charge in [0, 0.05) is 25.7 Å². The Morgan fingerprint density at radius 3 is 1.04 bits per heavy atom. The van der Waals surface area contributed by atoms with E-state index < -0.39 is 60.6 Å². The van der Waals surface area contributed by atoms with E-state index in [9.17, 15) is 28.8 Å². The van der Waals surface area contributed by atoms with E-state index in [2.05, 4.69) is 24.5 Å². The highest BCUT2D eigenvalue weighted by atomic mass is 16.6. The number of aliphatic carboxylic acids is 2. The zero-order valence-corrected chi connectivity index (χ0v) is 27.9. The number of carboxylic acids is 2. The van der Waals surface area contributed by atoms with E-state index in [0.29, 0.717) is 12.8 Å². The maximum Gasteiger partial charge on any atom is 0.336 e. The summed E-state index contributed by atoms with van der Waals surface area (Å²) in [6.45, 7) is 4.35. The molecule has 0 unspecified atom stereocenters. The number of nitrogens with one attached hydrogen (secondary N) is 2. The molecule has 11 heteroatoms. The molecule has 45 heavy (non-hydrogen) atoms. The summed E-state index contributed by atoms with van der Waals surface area (Å²) in [7, 11) is 0. The van der Waals surface area contributed by atoms with E-state index in [0.717, 1.165) is 51.4 Å². The van der Waals surface area contributed by atoms with E-state index in [-0.39, 0.29) is 25.7 Å². The third-order valence-electron chi connectivity index (χ3n) is 7.75. The first-order valence-corrected chi connectivity index (χ1v) is 17.4. The van der Waals surface area contributed by atoms with Crippen molar-refractivity contribution in [2.45, 2.75) is 180 Å². The Bertz CT molecular complexity index is 795. The molecule has 0 fully saturated rings. The van der Waals surface area contributed by atoms with E-state index >= 15 is 0 Å². The molecule has 0 saturated carbocycles. The first kappa shape index (κ1) is 42.0. The molecule has 0 heterocycles. The van der Waals surface area contributed by atoms with E-state index in [1.807, 2.05) is 0 Å². The van der Waals surface area contributed by atoms with Crippen molar-refractivity contribution < 1.29 is 43.7 Å². The lowest BCUT2D eigenvalue weighted by Gasteiger charge is -2.20. The minimum absolute atomic E-state index is 0.150. The van der Waals surface area contributed by atoms with Crippen molar-refractivity contribution in [2.75, 3.05) is 0 Å². The Morgan fingerprint density at radius 1 is 0.467 bits per heavy atom. The number of carbonyl (C=O) groups is 6. The predicted molar refractivity (Wildman–Crippen MR) is 172 cm³/mol. The standard InChI is InChI=1S/C34H60N2O9/c1-3-5-7-9-11-13-15-17-19-21-29(37)35-27(23-25-31(39)40)33(43)45-34(44)28(24-26-32(41)42)36-30(38)22-20-18-16-14-12-10-8-6-4-2/h27-28H,3-26H2,1-2H3,(H,35,37)(H,36,38)(H,39,40)(H,41,42)/t27-,28-/m0/s1. The number of ether oxygens (including phenoxy) is 1. The van der Waals surface area contributed by atoms with Crippen LogP contribution in [0, 0.1) is 0 Å². The lowest BCUT2D eigenvalue weighted by Crippen LogP contribution is -2.47. The Labute approximate surface area is 270 Å². The van der Waals surface area contributed by atoms with Gasteiger partial charge in [-0.15, -0.1) is 0 Å². The summed E-state index contributed by atoms with van der Waals surface area (Å²) < 4.78 is 4.94. The Balaban J connectivity index is 4.83. The summed E-state index contributed by atoms with van der Waals surface area (Å²) in [5.74, 6) is -5.56. The van der Waals surface area contributed by atoms with Crippen molar-refractivity contribution >= 4 is 35.7 Å². The summed E-state index contributed by atoms with van der Waals surface area (Å²) in [5, 5.41) is 23.1. The largest absolute Gasteiger partial charge is 0.481 e. The van der Waals surface area contributed by atoms with E-state index in [1.54, 1.807) is 0 Å². The summed E-state index contributed by atoms with van der Waals surface area (Å²) in [6.07, 6.45) is 18.1. The maximum atomic E-state index is 12.8. The number of amides is 2. The highest BCUT2D eigenvalue weighted by Gasteiger charge is 2.30. The third-order valence-corrected chi connectivity index (χ3v) is 7.75. The van der Waals surface area contributed by atoms with Gasteiger partial charge in [-0.25, -0.2) is 9.59 Å².